The van der Waals surface area contributed by atoms with Crippen LogP contribution in [0.3, 0.4) is 0 Å². The Morgan fingerprint density at radius 2 is 2.38 bits per heavy atom. The van der Waals surface area contributed by atoms with Crippen molar-refractivity contribution in [1.29, 1.82) is 0 Å². The fraction of sp³-hybridized carbons (Fsp3) is 0.455. The molecule has 0 spiro atoms. The summed E-state index contributed by atoms with van der Waals surface area (Å²) in [5.74, 6) is 0. The van der Waals surface area contributed by atoms with Gasteiger partial charge in [0.25, 0.3) is 0 Å². The average molecular weight is 236 g/mol. The fourth-order valence-electron chi connectivity index (χ4n) is 1.52. The molecule has 0 radical (unpaired) electrons. The Bertz CT molecular complexity index is 460. The molecule has 4 nitrogen and oxygen atoms in total. The topological polar surface area (TPSA) is 56.7 Å². The van der Waals surface area contributed by atoms with E-state index in [0.717, 1.165) is 29.2 Å². The quantitative estimate of drug-likeness (QED) is 0.881. The predicted octanol–water partition coefficient (Wildman–Crippen LogP) is 1.82. The normalized spacial score (nSPS) is 12.9. The van der Waals surface area contributed by atoms with E-state index in [1.54, 1.807) is 17.5 Å². The third-order valence-corrected chi connectivity index (χ3v) is 3.47. The van der Waals surface area contributed by atoms with Gasteiger partial charge in [0, 0.05) is 31.1 Å². The van der Waals surface area contributed by atoms with E-state index in [0.29, 0.717) is 0 Å². The van der Waals surface area contributed by atoms with Crippen LogP contribution in [0.25, 0.3) is 11.4 Å². The summed E-state index contributed by atoms with van der Waals surface area (Å²) in [4.78, 5) is 4.58. The molecule has 0 aliphatic heterocycles. The van der Waals surface area contributed by atoms with Gasteiger partial charge in [-0.1, -0.05) is 6.92 Å². The van der Waals surface area contributed by atoms with Crippen LogP contribution in [-0.4, -0.2) is 20.8 Å². The zero-order valence-electron chi connectivity index (χ0n) is 9.55. The van der Waals surface area contributed by atoms with E-state index in [1.165, 1.54) is 0 Å². The first-order valence-corrected chi connectivity index (χ1v) is 6.27. The van der Waals surface area contributed by atoms with Crippen molar-refractivity contribution in [3.63, 3.8) is 0 Å². The Hall–Kier alpha value is -1.20. The van der Waals surface area contributed by atoms with E-state index in [-0.39, 0.29) is 6.04 Å². The first kappa shape index (κ1) is 11.3. The highest BCUT2D eigenvalue weighted by molar-refractivity contribution is 7.09. The van der Waals surface area contributed by atoms with E-state index < -0.39 is 0 Å². The first-order chi connectivity index (χ1) is 7.70. The molecule has 0 saturated heterocycles. The molecule has 1 atom stereocenters. The summed E-state index contributed by atoms with van der Waals surface area (Å²) in [5.41, 5.74) is 7.95. The molecule has 2 rings (SSSR count). The minimum Gasteiger partial charge on any atom is -0.327 e. The Kier molecular flexibility index (Phi) is 3.36. The molecule has 0 fully saturated rings. The van der Waals surface area contributed by atoms with Gasteiger partial charge in [0.2, 0.25) is 0 Å². The lowest BCUT2D eigenvalue weighted by Crippen LogP contribution is -2.21. The Balaban J connectivity index is 2.17. The zero-order valence-corrected chi connectivity index (χ0v) is 10.4. The summed E-state index contributed by atoms with van der Waals surface area (Å²) in [6.45, 7) is 2.10. The Morgan fingerprint density at radius 3 is 3.00 bits per heavy atom. The van der Waals surface area contributed by atoms with Gasteiger partial charge in [-0.15, -0.1) is 11.3 Å². The molecule has 0 aliphatic carbocycles. The van der Waals surface area contributed by atoms with Gasteiger partial charge < -0.3 is 5.73 Å². The number of aryl methyl sites for hydroxylation is 1. The number of hydrogen-bond donors (Lipinski definition) is 1. The van der Waals surface area contributed by atoms with Gasteiger partial charge in [-0.3, -0.25) is 4.68 Å². The number of nitrogens with two attached hydrogens (primary N) is 1. The highest BCUT2D eigenvalue weighted by Crippen LogP contribution is 2.21. The van der Waals surface area contributed by atoms with E-state index in [9.17, 15) is 0 Å². The van der Waals surface area contributed by atoms with Crippen LogP contribution >= 0.6 is 11.3 Å². The Labute approximate surface area is 99.1 Å². The molecule has 2 N–H and O–H groups in total. The molecule has 0 saturated carbocycles. The highest BCUT2D eigenvalue weighted by Gasteiger charge is 2.09. The van der Waals surface area contributed by atoms with Crippen LogP contribution in [0.4, 0.5) is 0 Å². The summed E-state index contributed by atoms with van der Waals surface area (Å²) in [7, 11) is 1.92. The lowest BCUT2D eigenvalue weighted by Gasteiger charge is -2.04. The summed E-state index contributed by atoms with van der Waals surface area (Å²) < 4.78 is 1.83. The highest BCUT2D eigenvalue weighted by atomic mass is 32.1. The van der Waals surface area contributed by atoms with Crippen LogP contribution in [0.15, 0.2) is 17.6 Å². The molecule has 2 aromatic rings. The third-order valence-electron chi connectivity index (χ3n) is 2.60. The van der Waals surface area contributed by atoms with Crippen molar-refractivity contribution in [2.75, 3.05) is 0 Å². The molecular formula is C11H16N4S. The maximum Gasteiger partial charge on any atom is 0.0995 e. The number of aromatic nitrogens is 3. The molecule has 16 heavy (non-hydrogen) atoms. The van der Waals surface area contributed by atoms with Crippen molar-refractivity contribution in [2.45, 2.75) is 25.8 Å². The van der Waals surface area contributed by atoms with Crippen molar-refractivity contribution in [3.8, 4) is 11.4 Å². The molecule has 5 heteroatoms. The van der Waals surface area contributed by atoms with E-state index in [2.05, 4.69) is 22.4 Å². The molecular weight excluding hydrogens is 220 g/mol. The first-order valence-electron chi connectivity index (χ1n) is 5.39. The second-order valence-electron chi connectivity index (χ2n) is 3.84. The van der Waals surface area contributed by atoms with Crippen molar-refractivity contribution < 1.29 is 0 Å². The Morgan fingerprint density at radius 1 is 1.56 bits per heavy atom. The largest absolute Gasteiger partial charge is 0.327 e. The number of hydrogen-bond acceptors (Lipinski definition) is 4. The molecule has 0 amide bonds. The maximum absolute atomic E-state index is 5.91. The minimum absolute atomic E-state index is 0.213. The van der Waals surface area contributed by atoms with Crippen LogP contribution < -0.4 is 5.73 Å². The SMILES string of the molecule is CCC(N)Cc1nc(-c2ccnn2C)cs1. The number of thiazole rings is 1. The zero-order chi connectivity index (χ0) is 11.5. The molecule has 2 aromatic heterocycles. The van der Waals surface area contributed by atoms with Crippen molar-refractivity contribution in [3.05, 3.63) is 22.7 Å². The van der Waals surface area contributed by atoms with Crippen LogP contribution in [0.1, 0.15) is 18.4 Å². The molecule has 0 aromatic carbocycles. The van der Waals surface area contributed by atoms with Crippen LogP contribution in [0.5, 0.6) is 0 Å². The number of nitrogens with zero attached hydrogens (tertiary/aromatic N) is 3. The van der Waals surface area contributed by atoms with Gasteiger partial charge in [0.15, 0.2) is 0 Å². The number of rotatable bonds is 4. The average Bonchev–Trinajstić information content (AvgIpc) is 2.86. The summed E-state index contributed by atoms with van der Waals surface area (Å²) in [5, 5.41) is 7.30. The van der Waals surface area contributed by atoms with E-state index >= 15 is 0 Å². The van der Waals surface area contributed by atoms with Gasteiger partial charge in [0.05, 0.1) is 16.4 Å². The second-order valence-corrected chi connectivity index (χ2v) is 4.78. The lowest BCUT2D eigenvalue weighted by atomic mass is 10.2. The van der Waals surface area contributed by atoms with Gasteiger partial charge in [-0.05, 0) is 12.5 Å². The molecule has 0 bridgehead atoms. The van der Waals surface area contributed by atoms with Crippen LogP contribution in [-0.2, 0) is 13.5 Å². The van der Waals surface area contributed by atoms with E-state index in [1.807, 2.05) is 17.8 Å². The standard InChI is InChI=1S/C11H16N4S/c1-3-8(12)6-11-14-9(7-16-11)10-4-5-13-15(10)2/h4-5,7-8H,3,6,12H2,1-2H3. The molecule has 86 valence electrons. The fourth-order valence-corrected chi connectivity index (χ4v) is 2.40. The molecule has 1 unspecified atom stereocenters. The van der Waals surface area contributed by atoms with Crippen molar-refractivity contribution in [2.24, 2.45) is 12.8 Å². The van der Waals surface area contributed by atoms with E-state index in [4.69, 9.17) is 5.73 Å². The second kappa shape index (κ2) is 4.76. The monoisotopic (exact) mass is 236 g/mol. The minimum atomic E-state index is 0.213. The van der Waals surface area contributed by atoms with Gasteiger partial charge >= 0.3 is 0 Å². The van der Waals surface area contributed by atoms with Crippen molar-refractivity contribution >= 4 is 11.3 Å². The van der Waals surface area contributed by atoms with Gasteiger partial charge in [-0.2, -0.15) is 5.10 Å². The van der Waals surface area contributed by atoms with Crippen LogP contribution in [0.2, 0.25) is 0 Å². The van der Waals surface area contributed by atoms with Crippen LogP contribution in [0, 0.1) is 0 Å². The van der Waals surface area contributed by atoms with Gasteiger partial charge in [-0.25, -0.2) is 4.98 Å². The third kappa shape index (κ3) is 2.31. The predicted molar refractivity (Wildman–Crippen MR) is 66.3 cm³/mol. The molecule has 0 aliphatic rings. The summed E-state index contributed by atoms with van der Waals surface area (Å²) >= 11 is 1.67. The summed E-state index contributed by atoms with van der Waals surface area (Å²) in [6.07, 6.45) is 3.63. The smallest absolute Gasteiger partial charge is 0.0995 e. The summed E-state index contributed by atoms with van der Waals surface area (Å²) in [6, 6.07) is 2.18. The van der Waals surface area contributed by atoms with Gasteiger partial charge in [0.1, 0.15) is 0 Å². The lowest BCUT2D eigenvalue weighted by molar-refractivity contribution is 0.644. The molecule has 2 heterocycles. The van der Waals surface area contributed by atoms with Crippen molar-refractivity contribution in [1.82, 2.24) is 14.8 Å². The maximum atomic E-state index is 5.91.